The van der Waals surface area contributed by atoms with Gasteiger partial charge in [0.15, 0.2) is 0 Å². The SMILES string of the molecule is CC1CC1N1CC(NC(=O)NC2(c3cccc(F)c3)CCC2)CC1=O. The van der Waals surface area contributed by atoms with Crippen LogP contribution in [0, 0.1) is 11.7 Å². The molecule has 5 nitrogen and oxygen atoms in total. The second-order valence-corrected chi connectivity index (χ2v) is 7.77. The lowest BCUT2D eigenvalue weighted by Gasteiger charge is -2.43. The number of hydrogen-bond donors (Lipinski definition) is 2. The van der Waals surface area contributed by atoms with Gasteiger partial charge < -0.3 is 15.5 Å². The molecule has 1 aliphatic heterocycles. The van der Waals surface area contributed by atoms with Crippen molar-refractivity contribution in [2.24, 2.45) is 5.92 Å². The summed E-state index contributed by atoms with van der Waals surface area (Å²) in [6.45, 7) is 2.74. The van der Waals surface area contributed by atoms with E-state index < -0.39 is 5.54 Å². The van der Waals surface area contributed by atoms with Crippen LogP contribution in [-0.4, -0.2) is 35.5 Å². The quantitative estimate of drug-likeness (QED) is 0.881. The molecular weight excluding hydrogens is 321 g/mol. The van der Waals surface area contributed by atoms with E-state index in [0.29, 0.717) is 24.9 Å². The molecule has 6 heteroatoms. The number of amides is 3. The first-order valence-corrected chi connectivity index (χ1v) is 9.11. The number of likely N-dealkylation sites (tertiary alicyclic amines) is 1. The summed E-state index contributed by atoms with van der Waals surface area (Å²) in [7, 11) is 0. The monoisotopic (exact) mass is 345 g/mol. The van der Waals surface area contributed by atoms with Crippen LogP contribution in [0.2, 0.25) is 0 Å². The van der Waals surface area contributed by atoms with Gasteiger partial charge in [-0.2, -0.15) is 0 Å². The zero-order valence-electron chi connectivity index (χ0n) is 14.4. The van der Waals surface area contributed by atoms with E-state index in [9.17, 15) is 14.0 Å². The summed E-state index contributed by atoms with van der Waals surface area (Å²) in [5.74, 6) is 0.410. The molecule has 1 saturated heterocycles. The first kappa shape index (κ1) is 16.4. The molecule has 3 unspecified atom stereocenters. The third-order valence-corrected chi connectivity index (χ3v) is 5.90. The second kappa shape index (κ2) is 6.00. The summed E-state index contributed by atoms with van der Waals surface area (Å²) in [6, 6.07) is 6.37. The van der Waals surface area contributed by atoms with Crippen molar-refractivity contribution in [3.63, 3.8) is 0 Å². The number of carbonyl (C=O) groups is 2. The number of urea groups is 1. The van der Waals surface area contributed by atoms with Gasteiger partial charge in [-0.3, -0.25) is 4.79 Å². The highest BCUT2D eigenvalue weighted by molar-refractivity contribution is 5.82. The predicted octanol–water partition coefficient (Wildman–Crippen LogP) is 2.51. The van der Waals surface area contributed by atoms with Crippen LogP contribution < -0.4 is 10.6 Å². The lowest BCUT2D eigenvalue weighted by Crippen LogP contribution is -2.55. The van der Waals surface area contributed by atoms with E-state index in [0.717, 1.165) is 31.2 Å². The fraction of sp³-hybridized carbons (Fsp3) is 0.579. The lowest BCUT2D eigenvalue weighted by atomic mass is 9.72. The third-order valence-electron chi connectivity index (χ3n) is 5.90. The summed E-state index contributed by atoms with van der Waals surface area (Å²) in [4.78, 5) is 26.5. The summed E-state index contributed by atoms with van der Waals surface area (Å²) in [5.41, 5.74) is 0.323. The van der Waals surface area contributed by atoms with Gasteiger partial charge in [0.2, 0.25) is 5.91 Å². The predicted molar refractivity (Wildman–Crippen MR) is 91.3 cm³/mol. The van der Waals surface area contributed by atoms with E-state index in [1.54, 1.807) is 6.07 Å². The largest absolute Gasteiger partial charge is 0.337 e. The molecule has 1 heterocycles. The van der Waals surface area contributed by atoms with Gasteiger partial charge in [0.1, 0.15) is 5.82 Å². The van der Waals surface area contributed by atoms with Gasteiger partial charge in [-0.05, 0) is 49.3 Å². The van der Waals surface area contributed by atoms with Crippen molar-refractivity contribution in [3.8, 4) is 0 Å². The number of hydrogen-bond acceptors (Lipinski definition) is 2. The first-order valence-electron chi connectivity index (χ1n) is 9.11. The molecule has 3 amide bonds. The maximum Gasteiger partial charge on any atom is 0.315 e. The maximum atomic E-state index is 13.6. The van der Waals surface area contributed by atoms with Crippen molar-refractivity contribution >= 4 is 11.9 Å². The minimum atomic E-state index is -0.487. The highest BCUT2D eigenvalue weighted by atomic mass is 19.1. The third kappa shape index (κ3) is 3.10. The number of rotatable bonds is 4. The number of nitrogens with zero attached hydrogens (tertiary/aromatic N) is 1. The fourth-order valence-electron chi connectivity index (χ4n) is 4.13. The summed E-state index contributed by atoms with van der Waals surface area (Å²) >= 11 is 0. The molecule has 4 rings (SSSR count). The molecule has 3 aliphatic rings. The zero-order valence-corrected chi connectivity index (χ0v) is 14.4. The van der Waals surface area contributed by atoms with E-state index in [2.05, 4.69) is 17.6 Å². The van der Waals surface area contributed by atoms with E-state index in [1.165, 1.54) is 12.1 Å². The standard InChI is InChI=1S/C19H24FN3O2/c1-12-8-16(12)23-11-15(10-17(23)24)21-18(25)22-19(6-3-7-19)13-4-2-5-14(20)9-13/h2,4-5,9,12,15-16H,3,6-8,10-11H2,1H3,(H2,21,22,25). The van der Waals surface area contributed by atoms with E-state index in [4.69, 9.17) is 0 Å². The Kier molecular flexibility index (Phi) is 3.93. The minimum Gasteiger partial charge on any atom is -0.337 e. The van der Waals surface area contributed by atoms with Crippen LogP contribution in [-0.2, 0) is 10.3 Å². The second-order valence-electron chi connectivity index (χ2n) is 7.77. The molecule has 3 fully saturated rings. The molecule has 0 bridgehead atoms. The molecule has 2 aliphatic carbocycles. The molecule has 0 aromatic heterocycles. The van der Waals surface area contributed by atoms with Gasteiger partial charge in [0, 0.05) is 19.0 Å². The molecule has 1 aromatic carbocycles. The Morgan fingerprint density at radius 1 is 1.36 bits per heavy atom. The Labute approximate surface area is 147 Å². The maximum absolute atomic E-state index is 13.6. The minimum absolute atomic E-state index is 0.128. The van der Waals surface area contributed by atoms with Crippen LogP contribution in [0.4, 0.5) is 9.18 Å². The number of benzene rings is 1. The topological polar surface area (TPSA) is 61.4 Å². The van der Waals surface area contributed by atoms with Gasteiger partial charge in [-0.15, -0.1) is 0 Å². The molecule has 3 atom stereocenters. The van der Waals surface area contributed by atoms with Crippen LogP contribution >= 0.6 is 0 Å². The van der Waals surface area contributed by atoms with E-state index in [1.807, 2.05) is 11.0 Å². The number of nitrogens with one attached hydrogen (secondary N) is 2. The first-order chi connectivity index (χ1) is 12.0. The Bertz CT molecular complexity index is 704. The molecule has 25 heavy (non-hydrogen) atoms. The summed E-state index contributed by atoms with van der Waals surface area (Å²) in [6.07, 6.45) is 4.04. The Morgan fingerprint density at radius 2 is 2.12 bits per heavy atom. The van der Waals surface area contributed by atoms with Crippen LogP contribution in [0.25, 0.3) is 0 Å². The van der Waals surface area contributed by atoms with Crippen LogP contribution in [0.15, 0.2) is 24.3 Å². The highest BCUT2D eigenvalue weighted by Gasteiger charge is 2.45. The summed E-state index contributed by atoms with van der Waals surface area (Å²) in [5, 5.41) is 5.98. The van der Waals surface area contributed by atoms with E-state index >= 15 is 0 Å². The average Bonchev–Trinajstić information content (AvgIpc) is 3.13. The highest BCUT2D eigenvalue weighted by Crippen LogP contribution is 2.41. The van der Waals surface area contributed by atoms with Crippen molar-refractivity contribution in [1.82, 2.24) is 15.5 Å². The van der Waals surface area contributed by atoms with E-state index in [-0.39, 0.29) is 23.8 Å². The Hall–Kier alpha value is -2.11. The normalized spacial score (nSPS) is 29.9. The summed E-state index contributed by atoms with van der Waals surface area (Å²) < 4.78 is 13.6. The van der Waals surface area contributed by atoms with Crippen molar-refractivity contribution < 1.29 is 14.0 Å². The van der Waals surface area contributed by atoms with Crippen LogP contribution in [0.1, 0.15) is 44.6 Å². The van der Waals surface area contributed by atoms with Gasteiger partial charge in [-0.1, -0.05) is 19.1 Å². The van der Waals surface area contributed by atoms with Gasteiger partial charge in [0.05, 0.1) is 11.6 Å². The molecule has 1 aromatic rings. The smallest absolute Gasteiger partial charge is 0.315 e. The lowest BCUT2D eigenvalue weighted by molar-refractivity contribution is -0.128. The molecule has 0 radical (unpaired) electrons. The van der Waals surface area contributed by atoms with Crippen molar-refractivity contribution in [2.75, 3.05) is 6.54 Å². The molecule has 2 saturated carbocycles. The molecule has 134 valence electrons. The van der Waals surface area contributed by atoms with Crippen LogP contribution in [0.3, 0.4) is 0 Å². The van der Waals surface area contributed by atoms with Crippen LogP contribution in [0.5, 0.6) is 0 Å². The Balaban J connectivity index is 1.38. The van der Waals surface area contributed by atoms with Gasteiger partial charge >= 0.3 is 6.03 Å². The van der Waals surface area contributed by atoms with Gasteiger partial charge in [0.25, 0.3) is 0 Å². The fourth-order valence-corrected chi connectivity index (χ4v) is 4.13. The van der Waals surface area contributed by atoms with Crippen molar-refractivity contribution in [2.45, 2.75) is 56.7 Å². The number of carbonyl (C=O) groups excluding carboxylic acids is 2. The van der Waals surface area contributed by atoms with Crippen molar-refractivity contribution in [3.05, 3.63) is 35.6 Å². The Morgan fingerprint density at radius 3 is 2.72 bits per heavy atom. The average molecular weight is 345 g/mol. The van der Waals surface area contributed by atoms with Crippen molar-refractivity contribution in [1.29, 1.82) is 0 Å². The number of halogens is 1. The molecule has 2 N–H and O–H groups in total. The van der Waals surface area contributed by atoms with Gasteiger partial charge in [-0.25, -0.2) is 9.18 Å². The zero-order chi connectivity index (χ0) is 17.6. The molecule has 0 spiro atoms. The molecular formula is C19H24FN3O2.